The van der Waals surface area contributed by atoms with Gasteiger partial charge in [-0.1, -0.05) is 19.1 Å². The van der Waals surface area contributed by atoms with Crippen molar-refractivity contribution >= 4 is 23.0 Å². The number of aromatic nitrogens is 1. The minimum Gasteiger partial charge on any atom is -0.487 e. The Morgan fingerprint density at radius 1 is 1.50 bits per heavy atom. The molecule has 1 unspecified atom stereocenters. The fourth-order valence-electron chi connectivity index (χ4n) is 1.60. The number of hydrogen-bond donors (Lipinski definition) is 1. The van der Waals surface area contributed by atoms with E-state index < -0.39 is 0 Å². The van der Waals surface area contributed by atoms with Crippen LogP contribution in [0.4, 0.5) is 5.82 Å². The lowest BCUT2D eigenvalue weighted by atomic mass is 10.1. The van der Waals surface area contributed by atoms with E-state index in [0.717, 1.165) is 18.1 Å². The molecule has 1 heterocycles. The first kappa shape index (κ1) is 14.7. The zero-order valence-electron chi connectivity index (χ0n) is 11.4. The molecule has 1 atom stereocenters. The molecule has 2 N–H and O–H groups in total. The average molecular weight is 267 g/mol. The van der Waals surface area contributed by atoms with Crippen LogP contribution in [0.5, 0.6) is 5.75 Å². The summed E-state index contributed by atoms with van der Waals surface area (Å²) in [5.41, 5.74) is 5.63. The largest absolute Gasteiger partial charge is 0.487 e. The predicted molar refractivity (Wildman–Crippen MR) is 79.2 cm³/mol. The maximum absolute atomic E-state index is 5.74. The van der Waals surface area contributed by atoms with Crippen LogP contribution in [0, 0.1) is 5.92 Å². The summed E-state index contributed by atoms with van der Waals surface area (Å²) in [7, 11) is 1.96. The Hall–Kier alpha value is -1.36. The third kappa shape index (κ3) is 4.14. The summed E-state index contributed by atoms with van der Waals surface area (Å²) in [6.45, 7) is 6.72. The molecule has 0 spiro atoms. The summed E-state index contributed by atoms with van der Waals surface area (Å²) in [5.74, 6) is 1.73. The minimum absolute atomic E-state index is 0.120. The highest BCUT2D eigenvalue weighted by molar-refractivity contribution is 7.80. The SMILES string of the molecule is CC(C)Oc1cccnc1N(C)CC(C)C(N)=S. The number of nitrogens with zero attached hydrogens (tertiary/aromatic N) is 2. The van der Waals surface area contributed by atoms with E-state index in [0.29, 0.717) is 4.99 Å². The van der Waals surface area contributed by atoms with Gasteiger partial charge in [-0.15, -0.1) is 0 Å². The first-order chi connectivity index (χ1) is 8.41. The molecule has 1 aromatic heterocycles. The molecule has 0 aliphatic carbocycles. The van der Waals surface area contributed by atoms with Crippen LogP contribution in [-0.4, -0.2) is 29.7 Å². The first-order valence-electron chi connectivity index (χ1n) is 6.04. The highest BCUT2D eigenvalue weighted by Crippen LogP contribution is 2.25. The van der Waals surface area contributed by atoms with E-state index in [-0.39, 0.29) is 12.0 Å². The van der Waals surface area contributed by atoms with Crippen LogP contribution in [0.1, 0.15) is 20.8 Å². The average Bonchev–Trinajstić information content (AvgIpc) is 2.28. The summed E-state index contributed by atoms with van der Waals surface area (Å²) in [6.07, 6.45) is 1.87. The van der Waals surface area contributed by atoms with E-state index >= 15 is 0 Å². The minimum atomic E-state index is 0.120. The van der Waals surface area contributed by atoms with Crippen molar-refractivity contribution in [3.63, 3.8) is 0 Å². The van der Waals surface area contributed by atoms with Crippen molar-refractivity contribution in [1.29, 1.82) is 0 Å². The van der Waals surface area contributed by atoms with Crippen LogP contribution in [0.15, 0.2) is 18.3 Å². The monoisotopic (exact) mass is 267 g/mol. The topological polar surface area (TPSA) is 51.4 Å². The molecule has 100 valence electrons. The predicted octanol–water partition coefficient (Wildman–Crippen LogP) is 2.23. The van der Waals surface area contributed by atoms with E-state index in [4.69, 9.17) is 22.7 Å². The lowest BCUT2D eigenvalue weighted by Gasteiger charge is -2.24. The van der Waals surface area contributed by atoms with Gasteiger partial charge in [-0.05, 0) is 26.0 Å². The fourth-order valence-corrected chi connectivity index (χ4v) is 1.68. The van der Waals surface area contributed by atoms with Gasteiger partial charge in [0, 0.05) is 25.7 Å². The van der Waals surface area contributed by atoms with Crippen molar-refractivity contribution in [3.05, 3.63) is 18.3 Å². The molecule has 0 aliphatic rings. The standard InChI is InChI=1S/C13H21N3OS/c1-9(2)17-11-6-5-7-15-13(11)16(4)8-10(3)12(14)18/h5-7,9-10H,8H2,1-4H3,(H2,14,18). The van der Waals surface area contributed by atoms with Crippen LogP contribution in [-0.2, 0) is 0 Å². The summed E-state index contributed by atoms with van der Waals surface area (Å²) >= 11 is 4.99. The second kappa shape index (κ2) is 6.54. The number of pyridine rings is 1. The van der Waals surface area contributed by atoms with Crippen LogP contribution in [0.2, 0.25) is 0 Å². The lowest BCUT2D eigenvalue weighted by Crippen LogP contribution is -2.32. The Kier molecular flexibility index (Phi) is 5.34. The molecule has 0 amide bonds. The molecule has 0 saturated heterocycles. The van der Waals surface area contributed by atoms with Gasteiger partial charge in [0.25, 0.3) is 0 Å². The molecule has 1 aromatic rings. The van der Waals surface area contributed by atoms with E-state index in [1.807, 2.05) is 44.9 Å². The Bertz CT molecular complexity index is 409. The molecule has 0 radical (unpaired) electrons. The lowest BCUT2D eigenvalue weighted by molar-refractivity contribution is 0.242. The van der Waals surface area contributed by atoms with Crippen molar-refractivity contribution in [2.24, 2.45) is 11.7 Å². The number of ether oxygens (including phenoxy) is 1. The summed E-state index contributed by atoms with van der Waals surface area (Å²) in [5, 5.41) is 0. The Labute approximate surface area is 114 Å². The van der Waals surface area contributed by atoms with Gasteiger partial charge in [0.15, 0.2) is 11.6 Å². The summed E-state index contributed by atoms with van der Waals surface area (Å²) in [6, 6.07) is 3.79. The summed E-state index contributed by atoms with van der Waals surface area (Å²) in [4.78, 5) is 6.89. The third-order valence-corrected chi connectivity index (χ3v) is 2.91. The van der Waals surface area contributed by atoms with E-state index in [1.54, 1.807) is 6.20 Å². The van der Waals surface area contributed by atoms with Crippen LogP contribution >= 0.6 is 12.2 Å². The molecule has 5 heteroatoms. The van der Waals surface area contributed by atoms with Crippen molar-refractivity contribution in [2.75, 3.05) is 18.5 Å². The number of nitrogens with two attached hydrogens (primary N) is 1. The van der Waals surface area contributed by atoms with Crippen LogP contribution < -0.4 is 15.4 Å². The van der Waals surface area contributed by atoms with Crippen molar-refractivity contribution < 1.29 is 4.74 Å². The number of anilines is 1. The third-order valence-electron chi connectivity index (χ3n) is 2.51. The molecule has 1 rings (SSSR count). The van der Waals surface area contributed by atoms with Crippen molar-refractivity contribution in [1.82, 2.24) is 4.98 Å². The van der Waals surface area contributed by atoms with Gasteiger partial charge in [-0.2, -0.15) is 0 Å². The molecule has 0 fully saturated rings. The molecular formula is C13H21N3OS. The van der Waals surface area contributed by atoms with Gasteiger partial charge < -0.3 is 15.4 Å². The van der Waals surface area contributed by atoms with Crippen molar-refractivity contribution in [3.8, 4) is 5.75 Å². The van der Waals surface area contributed by atoms with Crippen molar-refractivity contribution in [2.45, 2.75) is 26.9 Å². The zero-order valence-corrected chi connectivity index (χ0v) is 12.2. The molecule has 0 bridgehead atoms. The number of rotatable bonds is 6. The highest BCUT2D eigenvalue weighted by Gasteiger charge is 2.14. The second-order valence-electron chi connectivity index (χ2n) is 4.68. The Morgan fingerprint density at radius 3 is 2.72 bits per heavy atom. The van der Waals surface area contributed by atoms with Gasteiger partial charge in [-0.3, -0.25) is 0 Å². The first-order valence-corrected chi connectivity index (χ1v) is 6.44. The Balaban J connectivity index is 2.84. The van der Waals surface area contributed by atoms with E-state index in [2.05, 4.69) is 4.98 Å². The van der Waals surface area contributed by atoms with E-state index in [1.165, 1.54) is 0 Å². The molecule has 4 nitrogen and oxygen atoms in total. The van der Waals surface area contributed by atoms with Gasteiger partial charge >= 0.3 is 0 Å². The second-order valence-corrected chi connectivity index (χ2v) is 5.15. The quantitative estimate of drug-likeness (QED) is 0.801. The zero-order chi connectivity index (χ0) is 13.7. The molecule has 18 heavy (non-hydrogen) atoms. The maximum Gasteiger partial charge on any atom is 0.171 e. The smallest absolute Gasteiger partial charge is 0.171 e. The molecule has 0 saturated carbocycles. The van der Waals surface area contributed by atoms with Gasteiger partial charge in [0.2, 0.25) is 0 Å². The molecule has 0 aromatic carbocycles. The number of thiocarbonyl (C=S) groups is 1. The molecular weight excluding hydrogens is 246 g/mol. The number of hydrogen-bond acceptors (Lipinski definition) is 4. The molecule has 0 aliphatic heterocycles. The normalized spacial score (nSPS) is 12.3. The Morgan fingerprint density at radius 2 is 2.17 bits per heavy atom. The van der Waals surface area contributed by atoms with Gasteiger partial charge in [-0.25, -0.2) is 4.98 Å². The highest BCUT2D eigenvalue weighted by atomic mass is 32.1. The fraction of sp³-hybridized carbons (Fsp3) is 0.538. The van der Waals surface area contributed by atoms with Gasteiger partial charge in [0.1, 0.15) is 0 Å². The van der Waals surface area contributed by atoms with Gasteiger partial charge in [0.05, 0.1) is 11.1 Å². The van der Waals surface area contributed by atoms with Crippen LogP contribution in [0.25, 0.3) is 0 Å². The van der Waals surface area contributed by atoms with E-state index in [9.17, 15) is 0 Å². The summed E-state index contributed by atoms with van der Waals surface area (Å²) < 4.78 is 5.74. The van der Waals surface area contributed by atoms with Crippen LogP contribution in [0.3, 0.4) is 0 Å². The maximum atomic E-state index is 5.74.